The molecule has 17 heavy (non-hydrogen) atoms. The number of halogens is 1. The Bertz CT molecular complexity index is 397. The molecule has 0 bridgehead atoms. The van der Waals surface area contributed by atoms with Crippen LogP contribution >= 0.6 is 11.6 Å². The van der Waals surface area contributed by atoms with Crippen molar-refractivity contribution in [2.75, 3.05) is 0 Å². The molecule has 2 N–H and O–H groups in total. The smallest absolute Gasteiger partial charge is 0.108 e. The molecule has 0 aromatic heterocycles. The van der Waals surface area contributed by atoms with Gasteiger partial charge in [-0.25, -0.2) is 0 Å². The molecule has 1 aliphatic rings. The molecule has 94 valence electrons. The van der Waals surface area contributed by atoms with Gasteiger partial charge in [-0.1, -0.05) is 43.0 Å². The maximum Gasteiger partial charge on any atom is 0.108 e. The van der Waals surface area contributed by atoms with E-state index in [1.54, 1.807) is 6.07 Å². The summed E-state index contributed by atoms with van der Waals surface area (Å²) >= 11 is 6.05. The number of hydrogen-bond donors (Lipinski definition) is 2. The number of benzene rings is 1. The molecule has 0 spiro atoms. The molecule has 1 saturated carbocycles. The Hall–Kier alpha value is -0.570. The molecule has 1 aromatic carbocycles. The number of aliphatic hydroxyl groups is 2. The number of aryl methyl sites for hydroxylation is 1. The van der Waals surface area contributed by atoms with Gasteiger partial charge in [-0.15, -0.1) is 0 Å². The average molecular weight is 255 g/mol. The van der Waals surface area contributed by atoms with Crippen LogP contribution in [-0.4, -0.2) is 15.8 Å². The molecule has 0 radical (unpaired) electrons. The first kappa shape index (κ1) is 12.9. The van der Waals surface area contributed by atoms with Crippen molar-refractivity contribution in [1.29, 1.82) is 0 Å². The SMILES string of the molecule is Cc1ccc(C(O)C2(O)CCCCC2)cc1Cl. The lowest BCUT2D eigenvalue weighted by Gasteiger charge is -2.36. The fourth-order valence-electron chi connectivity index (χ4n) is 2.53. The van der Waals surface area contributed by atoms with Crippen molar-refractivity contribution in [3.05, 3.63) is 34.3 Å². The third-order valence-corrected chi connectivity index (χ3v) is 4.15. The van der Waals surface area contributed by atoms with Gasteiger partial charge in [-0.3, -0.25) is 0 Å². The van der Waals surface area contributed by atoms with Crippen LogP contribution in [0.3, 0.4) is 0 Å². The summed E-state index contributed by atoms with van der Waals surface area (Å²) < 4.78 is 0. The second-order valence-corrected chi connectivity index (χ2v) is 5.48. The third kappa shape index (κ3) is 2.65. The standard InChI is InChI=1S/C14H19ClO2/c1-10-5-6-11(9-12(10)15)13(16)14(17)7-3-2-4-8-14/h5-6,9,13,16-17H,2-4,7-8H2,1H3. The first-order chi connectivity index (χ1) is 8.03. The van der Waals surface area contributed by atoms with Gasteiger partial charge in [-0.2, -0.15) is 0 Å². The lowest BCUT2D eigenvalue weighted by molar-refractivity contribution is -0.0991. The largest absolute Gasteiger partial charge is 0.387 e. The second kappa shape index (κ2) is 4.97. The van der Waals surface area contributed by atoms with Crippen molar-refractivity contribution in [1.82, 2.24) is 0 Å². The number of rotatable bonds is 2. The molecule has 1 aromatic rings. The minimum absolute atomic E-state index is 0.640. The normalized spacial score (nSPS) is 21.2. The molecule has 1 unspecified atom stereocenters. The van der Waals surface area contributed by atoms with E-state index in [-0.39, 0.29) is 0 Å². The molecule has 1 atom stereocenters. The van der Waals surface area contributed by atoms with E-state index in [4.69, 9.17) is 11.6 Å². The van der Waals surface area contributed by atoms with E-state index < -0.39 is 11.7 Å². The molecule has 3 heteroatoms. The van der Waals surface area contributed by atoms with E-state index in [0.717, 1.165) is 24.8 Å². The van der Waals surface area contributed by atoms with E-state index in [1.165, 1.54) is 0 Å². The van der Waals surface area contributed by atoms with Gasteiger partial charge in [0.05, 0.1) is 5.60 Å². The molecule has 2 nitrogen and oxygen atoms in total. The van der Waals surface area contributed by atoms with Crippen molar-refractivity contribution in [3.8, 4) is 0 Å². The molecular weight excluding hydrogens is 236 g/mol. The Morgan fingerprint density at radius 3 is 2.47 bits per heavy atom. The molecule has 0 heterocycles. The van der Waals surface area contributed by atoms with Gasteiger partial charge in [0.1, 0.15) is 6.10 Å². The third-order valence-electron chi connectivity index (χ3n) is 3.74. The Morgan fingerprint density at radius 2 is 1.88 bits per heavy atom. The molecular formula is C14H19ClO2. The van der Waals surface area contributed by atoms with Crippen LogP contribution in [0.2, 0.25) is 5.02 Å². The van der Waals surface area contributed by atoms with Crippen LogP contribution < -0.4 is 0 Å². The summed E-state index contributed by atoms with van der Waals surface area (Å²) in [5, 5.41) is 21.4. The summed E-state index contributed by atoms with van der Waals surface area (Å²) in [5.41, 5.74) is 0.722. The maximum atomic E-state index is 10.5. The minimum atomic E-state index is -0.975. The van der Waals surface area contributed by atoms with Gasteiger partial charge in [0.2, 0.25) is 0 Å². The zero-order chi connectivity index (χ0) is 12.5. The summed E-state index contributed by atoms with van der Waals surface area (Å²) in [7, 11) is 0. The summed E-state index contributed by atoms with van der Waals surface area (Å²) in [6.07, 6.45) is 3.60. The highest BCUT2D eigenvalue weighted by atomic mass is 35.5. The lowest BCUT2D eigenvalue weighted by atomic mass is 9.78. The highest BCUT2D eigenvalue weighted by Gasteiger charge is 2.37. The van der Waals surface area contributed by atoms with Gasteiger partial charge < -0.3 is 10.2 Å². The topological polar surface area (TPSA) is 40.5 Å². The van der Waals surface area contributed by atoms with Gasteiger partial charge in [-0.05, 0) is 37.0 Å². The highest BCUT2D eigenvalue weighted by molar-refractivity contribution is 6.31. The van der Waals surface area contributed by atoms with Crippen LogP contribution in [0.15, 0.2) is 18.2 Å². The van der Waals surface area contributed by atoms with E-state index in [0.29, 0.717) is 23.4 Å². The molecule has 0 aliphatic heterocycles. The monoisotopic (exact) mass is 254 g/mol. The first-order valence-corrected chi connectivity index (χ1v) is 6.57. The molecule has 2 rings (SSSR count). The number of aliphatic hydroxyl groups excluding tert-OH is 1. The van der Waals surface area contributed by atoms with Crippen LogP contribution in [0.25, 0.3) is 0 Å². The highest BCUT2D eigenvalue weighted by Crippen LogP contribution is 2.39. The van der Waals surface area contributed by atoms with Gasteiger partial charge >= 0.3 is 0 Å². The quantitative estimate of drug-likeness (QED) is 0.850. The Labute approximate surface area is 107 Å². The molecule has 1 aliphatic carbocycles. The summed E-state index contributed by atoms with van der Waals surface area (Å²) in [5.74, 6) is 0. The van der Waals surface area contributed by atoms with E-state index in [1.807, 2.05) is 19.1 Å². The predicted molar refractivity (Wildman–Crippen MR) is 69.2 cm³/mol. The molecule has 0 amide bonds. The van der Waals surface area contributed by atoms with E-state index in [2.05, 4.69) is 0 Å². The zero-order valence-electron chi connectivity index (χ0n) is 10.1. The summed E-state index contributed by atoms with van der Waals surface area (Å²) in [6, 6.07) is 5.49. The fourth-order valence-corrected chi connectivity index (χ4v) is 2.72. The van der Waals surface area contributed by atoms with Crippen molar-refractivity contribution < 1.29 is 10.2 Å². The van der Waals surface area contributed by atoms with Crippen LogP contribution in [0.5, 0.6) is 0 Å². The average Bonchev–Trinajstić information content (AvgIpc) is 2.33. The predicted octanol–water partition coefficient (Wildman–Crippen LogP) is 3.38. The maximum absolute atomic E-state index is 10.5. The summed E-state index contributed by atoms with van der Waals surface area (Å²) in [6.45, 7) is 1.92. The Balaban J connectivity index is 2.23. The van der Waals surface area contributed by atoms with Crippen molar-refractivity contribution in [2.45, 2.75) is 50.7 Å². The Kier molecular flexibility index (Phi) is 3.76. The van der Waals surface area contributed by atoms with Gasteiger partial charge in [0.15, 0.2) is 0 Å². The molecule has 0 saturated heterocycles. The number of hydrogen-bond acceptors (Lipinski definition) is 2. The van der Waals surface area contributed by atoms with Gasteiger partial charge in [0.25, 0.3) is 0 Å². The lowest BCUT2D eigenvalue weighted by Crippen LogP contribution is -2.38. The second-order valence-electron chi connectivity index (χ2n) is 5.08. The summed E-state index contributed by atoms with van der Waals surface area (Å²) in [4.78, 5) is 0. The van der Waals surface area contributed by atoms with Crippen molar-refractivity contribution in [3.63, 3.8) is 0 Å². The first-order valence-electron chi connectivity index (χ1n) is 6.19. The van der Waals surface area contributed by atoms with E-state index >= 15 is 0 Å². The van der Waals surface area contributed by atoms with Gasteiger partial charge in [0, 0.05) is 5.02 Å². The minimum Gasteiger partial charge on any atom is -0.387 e. The van der Waals surface area contributed by atoms with Crippen molar-refractivity contribution in [2.24, 2.45) is 0 Å². The zero-order valence-corrected chi connectivity index (χ0v) is 10.9. The Morgan fingerprint density at radius 1 is 1.24 bits per heavy atom. The molecule has 1 fully saturated rings. The fraction of sp³-hybridized carbons (Fsp3) is 0.571. The van der Waals surface area contributed by atoms with Crippen LogP contribution in [0.4, 0.5) is 0 Å². The van der Waals surface area contributed by atoms with Crippen molar-refractivity contribution >= 4 is 11.6 Å². The van der Waals surface area contributed by atoms with Crippen LogP contribution in [-0.2, 0) is 0 Å². The van der Waals surface area contributed by atoms with E-state index in [9.17, 15) is 10.2 Å². The van der Waals surface area contributed by atoms with Crippen LogP contribution in [0, 0.1) is 6.92 Å². The van der Waals surface area contributed by atoms with Crippen LogP contribution in [0.1, 0.15) is 49.3 Å².